The van der Waals surface area contributed by atoms with Crippen LogP contribution < -0.4 is 10.6 Å². The Morgan fingerprint density at radius 3 is 2.33 bits per heavy atom. The van der Waals surface area contributed by atoms with E-state index in [0.29, 0.717) is 29.8 Å². The number of anilines is 1. The van der Waals surface area contributed by atoms with Gasteiger partial charge < -0.3 is 10.6 Å². The lowest BCUT2D eigenvalue weighted by Gasteiger charge is -2.22. The SMILES string of the molecule is CC(C)c1ccc(CN(CC(=O)Nc2ccccc2C(=O)NC2CC2)C2CC2)cc1. The molecular weight excluding hydrogens is 374 g/mol. The summed E-state index contributed by atoms with van der Waals surface area (Å²) in [6.45, 7) is 5.48. The van der Waals surface area contributed by atoms with Crippen LogP contribution >= 0.6 is 0 Å². The second kappa shape index (κ2) is 9.00. The van der Waals surface area contributed by atoms with E-state index < -0.39 is 0 Å². The van der Waals surface area contributed by atoms with Crippen molar-refractivity contribution in [1.29, 1.82) is 0 Å². The van der Waals surface area contributed by atoms with Gasteiger partial charge in [0.05, 0.1) is 17.8 Å². The second-order valence-corrected chi connectivity index (χ2v) is 8.87. The van der Waals surface area contributed by atoms with E-state index >= 15 is 0 Å². The van der Waals surface area contributed by atoms with E-state index in [2.05, 4.69) is 53.6 Å². The molecule has 0 bridgehead atoms. The van der Waals surface area contributed by atoms with Crippen LogP contribution in [0.3, 0.4) is 0 Å². The standard InChI is InChI=1S/C25H31N3O2/c1-17(2)19-9-7-18(8-10-19)15-28(21-13-14-21)16-24(29)27-23-6-4-3-5-22(23)25(30)26-20-11-12-20/h3-10,17,20-21H,11-16H2,1-2H3,(H,26,30)(H,27,29). The van der Waals surface area contributed by atoms with Crippen molar-refractivity contribution in [2.24, 2.45) is 0 Å². The molecule has 0 radical (unpaired) electrons. The molecule has 0 aliphatic heterocycles. The number of nitrogens with one attached hydrogen (secondary N) is 2. The van der Waals surface area contributed by atoms with Crippen molar-refractivity contribution >= 4 is 17.5 Å². The number of amides is 2. The number of carbonyl (C=O) groups is 2. The molecule has 2 amide bonds. The molecule has 2 aromatic rings. The minimum Gasteiger partial charge on any atom is -0.349 e. The summed E-state index contributed by atoms with van der Waals surface area (Å²) in [6.07, 6.45) is 4.35. The van der Waals surface area contributed by atoms with E-state index in [0.717, 1.165) is 32.2 Å². The largest absolute Gasteiger partial charge is 0.349 e. The zero-order chi connectivity index (χ0) is 21.1. The molecule has 0 unspecified atom stereocenters. The van der Waals surface area contributed by atoms with Crippen LogP contribution in [0.1, 0.15) is 66.9 Å². The maximum Gasteiger partial charge on any atom is 0.253 e. The van der Waals surface area contributed by atoms with Gasteiger partial charge in [0.25, 0.3) is 5.91 Å². The van der Waals surface area contributed by atoms with Crippen LogP contribution in [-0.2, 0) is 11.3 Å². The van der Waals surface area contributed by atoms with E-state index in [1.165, 1.54) is 11.1 Å². The Morgan fingerprint density at radius 2 is 1.70 bits per heavy atom. The number of para-hydroxylation sites is 1. The molecule has 2 aromatic carbocycles. The lowest BCUT2D eigenvalue weighted by Crippen LogP contribution is -2.35. The van der Waals surface area contributed by atoms with Gasteiger partial charge in [-0.1, -0.05) is 50.2 Å². The summed E-state index contributed by atoms with van der Waals surface area (Å²) in [6, 6.07) is 16.7. The van der Waals surface area contributed by atoms with Crippen molar-refractivity contribution in [3.05, 3.63) is 65.2 Å². The van der Waals surface area contributed by atoms with Gasteiger partial charge in [0.1, 0.15) is 0 Å². The smallest absolute Gasteiger partial charge is 0.253 e. The van der Waals surface area contributed by atoms with E-state index in [4.69, 9.17) is 0 Å². The molecule has 5 nitrogen and oxygen atoms in total. The number of hydrogen-bond donors (Lipinski definition) is 2. The highest BCUT2D eigenvalue weighted by Gasteiger charge is 2.30. The lowest BCUT2D eigenvalue weighted by molar-refractivity contribution is -0.117. The molecule has 2 fully saturated rings. The first-order chi connectivity index (χ1) is 14.5. The zero-order valence-electron chi connectivity index (χ0n) is 17.9. The first-order valence-electron chi connectivity index (χ1n) is 11.0. The van der Waals surface area contributed by atoms with Crippen molar-refractivity contribution in [2.75, 3.05) is 11.9 Å². The number of hydrogen-bond acceptors (Lipinski definition) is 3. The fraction of sp³-hybridized carbons (Fsp3) is 0.440. The molecule has 2 aliphatic rings. The fourth-order valence-electron chi connectivity index (χ4n) is 3.65. The summed E-state index contributed by atoms with van der Waals surface area (Å²) < 4.78 is 0. The highest BCUT2D eigenvalue weighted by Crippen LogP contribution is 2.29. The quantitative estimate of drug-likeness (QED) is 0.654. The van der Waals surface area contributed by atoms with E-state index in [9.17, 15) is 9.59 Å². The third kappa shape index (κ3) is 5.48. The highest BCUT2D eigenvalue weighted by molar-refractivity contribution is 6.04. The number of carbonyl (C=O) groups excluding carboxylic acids is 2. The summed E-state index contributed by atoms with van der Waals surface area (Å²) in [5.74, 6) is 0.326. The number of benzene rings is 2. The molecule has 0 heterocycles. The fourth-order valence-corrected chi connectivity index (χ4v) is 3.65. The van der Waals surface area contributed by atoms with Crippen LogP contribution in [0.2, 0.25) is 0 Å². The van der Waals surface area contributed by atoms with Gasteiger partial charge in [-0.25, -0.2) is 0 Å². The summed E-state index contributed by atoms with van der Waals surface area (Å²) in [5, 5.41) is 5.96. The maximum absolute atomic E-state index is 12.8. The van der Waals surface area contributed by atoms with Crippen LogP contribution in [-0.4, -0.2) is 35.3 Å². The third-order valence-electron chi connectivity index (χ3n) is 5.80. The van der Waals surface area contributed by atoms with Crippen LogP contribution in [0.4, 0.5) is 5.69 Å². The molecule has 0 aromatic heterocycles. The number of nitrogens with zero attached hydrogens (tertiary/aromatic N) is 1. The van der Waals surface area contributed by atoms with Gasteiger partial charge >= 0.3 is 0 Å². The Kier molecular flexibility index (Phi) is 6.18. The Bertz CT molecular complexity index is 899. The van der Waals surface area contributed by atoms with Crippen LogP contribution in [0, 0.1) is 0 Å². The van der Waals surface area contributed by atoms with Gasteiger partial charge in [0.15, 0.2) is 0 Å². The van der Waals surface area contributed by atoms with Crippen LogP contribution in [0.15, 0.2) is 48.5 Å². The maximum atomic E-state index is 12.8. The predicted octanol–water partition coefficient (Wildman–Crippen LogP) is 4.31. The molecule has 5 heteroatoms. The van der Waals surface area contributed by atoms with Gasteiger partial charge in [-0.05, 0) is 54.9 Å². The third-order valence-corrected chi connectivity index (χ3v) is 5.80. The molecule has 158 valence electrons. The van der Waals surface area contributed by atoms with Crippen LogP contribution in [0.25, 0.3) is 0 Å². The average molecular weight is 406 g/mol. The van der Waals surface area contributed by atoms with Crippen molar-refractivity contribution in [3.8, 4) is 0 Å². The van der Waals surface area contributed by atoms with Gasteiger partial charge in [-0.15, -0.1) is 0 Å². The molecule has 2 saturated carbocycles. The predicted molar refractivity (Wildman–Crippen MR) is 120 cm³/mol. The molecule has 30 heavy (non-hydrogen) atoms. The monoisotopic (exact) mass is 405 g/mol. The Labute approximate surface area is 178 Å². The van der Waals surface area contributed by atoms with Crippen molar-refractivity contribution < 1.29 is 9.59 Å². The van der Waals surface area contributed by atoms with Crippen molar-refractivity contribution in [2.45, 2.75) is 64.1 Å². The van der Waals surface area contributed by atoms with E-state index in [1.54, 1.807) is 12.1 Å². The van der Waals surface area contributed by atoms with Crippen molar-refractivity contribution in [3.63, 3.8) is 0 Å². The van der Waals surface area contributed by atoms with Gasteiger partial charge in [-0.2, -0.15) is 0 Å². The molecule has 0 spiro atoms. The Morgan fingerprint density at radius 1 is 1.00 bits per heavy atom. The Hall–Kier alpha value is -2.66. The minimum absolute atomic E-state index is 0.0765. The van der Waals surface area contributed by atoms with Crippen LogP contribution in [0.5, 0.6) is 0 Å². The summed E-state index contributed by atoms with van der Waals surface area (Å²) in [4.78, 5) is 27.5. The molecule has 2 N–H and O–H groups in total. The van der Waals surface area contributed by atoms with Gasteiger partial charge in [0.2, 0.25) is 5.91 Å². The highest BCUT2D eigenvalue weighted by atomic mass is 16.2. The van der Waals surface area contributed by atoms with Gasteiger partial charge in [-0.3, -0.25) is 14.5 Å². The summed E-state index contributed by atoms with van der Waals surface area (Å²) in [5.41, 5.74) is 3.66. The van der Waals surface area contributed by atoms with E-state index in [1.807, 2.05) is 12.1 Å². The van der Waals surface area contributed by atoms with Gasteiger partial charge in [0, 0.05) is 18.6 Å². The molecule has 0 saturated heterocycles. The molecular formula is C25H31N3O2. The van der Waals surface area contributed by atoms with E-state index in [-0.39, 0.29) is 17.9 Å². The summed E-state index contributed by atoms with van der Waals surface area (Å²) >= 11 is 0. The molecule has 2 aliphatic carbocycles. The Balaban J connectivity index is 1.39. The molecule has 4 rings (SSSR count). The zero-order valence-corrected chi connectivity index (χ0v) is 17.9. The second-order valence-electron chi connectivity index (χ2n) is 8.87. The minimum atomic E-state index is -0.113. The lowest BCUT2D eigenvalue weighted by atomic mass is 10.0. The average Bonchev–Trinajstić information content (AvgIpc) is 3.62. The summed E-state index contributed by atoms with van der Waals surface area (Å²) in [7, 11) is 0. The normalized spacial score (nSPS) is 16.0. The van der Waals surface area contributed by atoms with Crippen molar-refractivity contribution in [1.82, 2.24) is 10.2 Å². The first kappa shape index (κ1) is 20.6. The first-order valence-corrected chi connectivity index (χ1v) is 11.0. The topological polar surface area (TPSA) is 61.4 Å². The number of rotatable bonds is 9. The molecule has 0 atom stereocenters.